The SMILES string of the molecule is N[C@@H](CC(=O)O)C(=O)O.[SiH4]. The molecule has 0 rings (SSSR count). The highest BCUT2D eigenvalue weighted by molar-refractivity contribution is 5.80. The maximum absolute atomic E-state index is 9.85. The summed E-state index contributed by atoms with van der Waals surface area (Å²) in [6, 6.07) is -1.29. The molecule has 0 radical (unpaired) electrons. The molecule has 0 aliphatic heterocycles. The van der Waals surface area contributed by atoms with Crippen molar-refractivity contribution < 1.29 is 19.8 Å². The number of carboxylic acid groups (broad SMARTS) is 2. The van der Waals surface area contributed by atoms with E-state index in [1.807, 2.05) is 0 Å². The molecule has 0 saturated carbocycles. The van der Waals surface area contributed by atoms with Gasteiger partial charge in [-0.05, 0) is 11.0 Å². The molecule has 0 heterocycles. The van der Waals surface area contributed by atoms with E-state index in [-0.39, 0.29) is 11.0 Å². The second kappa shape index (κ2) is 4.95. The molecule has 60 valence electrons. The summed E-state index contributed by atoms with van der Waals surface area (Å²) < 4.78 is 0. The van der Waals surface area contributed by atoms with E-state index in [1.54, 1.807) is 0 Å². The van der Waals surface area contributed by atoms with Gasteiger partial charge in [0.05, 0.1) is 6.42 Å². The van der Waals surface area contributed by atoms with E-state index in [0.29, 0.717) is 0 Å². The van der Waals surface area contributed by atoms with Crippen LogP contribution in [-0.4, -0.2) is 39.2 Å². The van der Waals surface area contributed by atoms with Gasteiger partial charge in [-0.3, -0.25) is 9.59 Å². The molecule has 0 aromatic rings. The van der Waals surface area contributed by atoms with Crippen LogP contribution in [0.25, 0.3) is 0 Å². The van der Waals surface area contributed by atoms with Gasteiger partial charge in [-0.1, -0.05) is 0 Å². The van der Waals surface area contributed by atoms with Crippen molar-refractivity contribution in [3.05, 3.63) is 0 Å². The molecule has 10 heavy (non-hydrogen) atoms. The highest BCUT2D eigenvalue weighted by atomic mass is 28.1. The molecular formula is C4H11NO4Si. The number of rotatable bonds is 3. The molecule has 0 fully saturated rings. The lowest BCUT2D eigenvalue weighted by Crippen LogP contribution is -2.32. The van der Waals surface area contributed by atoms with Crippen LogP contribution in [0.15, 0.2) is 0 Å². The van der Waals surface area contributed by atoms with E-state index < -0.39 is 24.4 Å². The summed E-state index contributed by atoms with van der Waals surface area (Å²) in [5, 5.41) is 16.0. The minimum Gasteiger partial charge on any atom is -0.481 e. The minimum atomic E-state index is -1.29. The Hall–Kier alpha value is -0.883. The molecular weight excluding hydrogens is 154 g/mol. The zero-order chi connectivity index (χ0) is 7.44. The summed E-state index contributed by atoms with van der Waals surface area (Å²) in [5.41, 5.74) is 4.84. The van der Waals surface area contributed by atoms with Gasteiger partial charge in [-0.15, -0.1) is 0 Å². The van der Waals surface area contributed by atoms with E-state index in [4.69, 9.17) is 15.9 Å². The molecule has 0 aromatic heterocycles. The van der Waals surface area contributed by atoms with Crippen molar-refractivity contribution >= 4 is 22.9 Å². The largest absolute Gasteiger partial charge is 0.481 e. The van der Waals surface area contributed by atoms with Crippen LogP contribution in [0, 0.1) is 0 Å². The molecule has 1 atom stereocenters. The number of hydrogen-bond acceptors (Lipinski definition) is 3. The number of carboxylic acids is 2. The summed E-state index contributed by atoms with van der Waals surface area (Å²) >= 11 is 0. The fourth-order valence-corrected chi connectivity index (χ4v) is 0.275. The van der Waals surface area contributed by atoms with Crippen LogP contribution in [0.1, 0.15) is 6.42 Å². The molecule has 0 aromatic carbocycles. The van der Waals surface area contributed by atoms with Crippen molar-refractivity contribution in [2.75, 3.05) is 0 Å². The summed E-state index contributed by atoms with van der Waals surface area (Å²) in [4.78, 5) is 19.6. The molecule has 5 nitrogen and oxygen atoms in total. The Morgan fingerprint density at radius 3 is 1.90 bits per heavy atom. The van der Waals surface area contributed by atoms with Crippen LogP contribution in [0.5, 0.6) is 0 Å². The average molecular weight is 165 g/mol. The van der Waals surface area contributed by atoms with Crippen molar-refractivity contribution in [3.8, 4) is 0 Å². The predicted octanol–water partition coefficient (Wildman–Crippen LogP) is -2.58. The molecule has 0 spiro atoms. The van der Waals surface area contributed by atoms with Crippen LogP contribution < -0.4 is 5.73 Å². The molecule has 0 aliphatic rings. The third-order valence-corrected chi connectivity index (χ3v) is 0.712. The van der Waals surface area contributed by atoms with Crippen LogP contribution >= 0.6 is 0 Å². The van der Waals surface area contributed by atoms with Crippen molar-refractivity contribution in [1.82, 2.24) is 0 Å². The Morgan fingerprint density at radius 1 is 1.40 bits per heavy atom. The fraction of sp³-hybridized carbons (Fsp3) is 0.500. The Balaban J connectivity index is 0. The Morgan fingerprint density at radius 2 is 1.80 bits per heavy atom. The normalized spacial score (nSPS) is 11.3. The predicted molar refractivity (Wildman–Crippen MR) is 39.2 cm³/mol. The number of hydrogen-bond donors (Lipinski definition) is 3. The van der Waals surface area contributed by atoms with Gasteiger partial charge in [-0.25, -0.2) is 0 Å². The van der Waals surface area contributed by atoms with Gasteiger partial charge < -0.3 is 15.9 Å². The summed E-state index contributed by atoms with van der Waals surface area (Å²) in [5.74, 6) is -2.50. The fourth-order valence-electron chi connectivity index (χ4n) is 0.275. The third-order valence-electron chi connectivity index (χ3n) is 0.712. The molecule has 0 unspecified atom stereocenters. The van der Waals surface area contributed by atoms with E-state index in [1.165, 1.54) is 0 Å². The topological polar surface area (TPSA) is 101 Å². The Labute approximate surface area is 61.9 Å². The Bertz CT molecular complexity index is 137. The monoisotopic (exact) mass is 165 g/mol. The maximum atomic E-state index is 9.85. The lowest BCUT2D eigenvalue weighted by atomic mass is 10.2. The van der Waals surface area contributed by atoms with E-state index in [2.05, 4.69) is 0 Å². The first-order valence-electron chi connectivity index (χ1n) is 2.24. The third kappa shape index (κ3) is 5.26. The highest BCUT2D eigenvalue weighted by Gasteiger charge is 2.14. The van der Waals surface area contributed by atoms with Crippen LogP contribution in [0.2, 0.25) is 0 Å². The van der Waals surface area contributed by atoms with Gasteiger partial charge in [0.15, 0.2) is 0 Å². The number of aliphatic carboxylic acids is 2. The van der Waals surface area contributed by atoms with Gasteiger partial charge >= 0.3 is 11.9 Å². The molecule has 0 saturated heterocycles. The lowest BCUT2D eigenvalue weighted by Gasteiger charge is -1.99. The van der Waals surface area contributed by atoms with Gasteiger partial charge in [-0.2, -0.15) is 0 Å². The minimum absolute atomic E-state index is 0. The van der Waals surface area contributed by atoms with Crippen molar-refractivity contribution in [3.63, 3.8) is 0 Å². The lowest BCUT2D eigenvalue weighted by molar-refractivity contribution is -0.144. The van der Waals surface area contributed by atoms with Crippen molar-refractivity contribution in [2.45, 2.75) is 12.5 Å². The van der Waals surface area contributed by atoms with Gasteiger partial charge in [0.1, 0.15) is 6.04 Å². The van der Waals surface area contributed by atoms with Crippen LogP contribution in [-0.2, 0) is 9.59 Å². The van der Waals surface area contributed by atoms with Gasteiger partial charge in [0.25, 0.3) is 0 Å². The first kappa shape index (κ1) is 11.9. The summed E-state index contributed by atoms with van der Waals surface area (Å²) in [7, 11) is 0. The molecule has 0 bridgehead atoms. The average Bonchev–Trinajstić information content (AvgIpc) is 1.63. The maximum Gasteiger partial charge on any atom is 0.321 e. The smallest absolute Gasteiger partial charge is 0.321 e. The molecule has 0 amide bonds. The molecule has 0 aliphatic carbocycles. The first-order chi connectivity index (χ1) is 4.04. The quantitative estimate of drug-likeness (QED) is 0.399. The number of nitrogens with two attached hydrogens (primary N) is 1. The van der Waals surface area contributed by atoms with E-state index >= 15 is 0 Å². The molecule has 4 N–H and O–H groups in total. The zero-order valence-corrected chi connectivity index (χ0v) is 4.57. The van der Waals surface area contributed by atoms with Crippen molar-refractivity contribution in [2.24, 2.45) is 5.73 Å². The second-order valence-electron chi connectivity index (χ2n) is 1.54. The summed E-state index contributed by atoms with van der Waals surface area (Å²) in [6.07, 6.45) is -0.532. The van der Waals surface area contributed by atoms with E-state index in [0.717, 1.165) is 0 Å². The number of carbonyl (C=O) groups is 2. The zero-order valence-electron chi connectivity index (χ0n) is 4.57. The summed E-state index contributed by atoms with van der Waals surface area (Å²) in [6.45, 7) is 0. The second-order valence-corrected chi connectivity index (χ2v) is 1.54. The van der Waals surface area contributed by atoms with Crippen molar-refractivity contribution in [1.29, 1.82) is 0 Å². The van der Waals surface area contributed by atoms with E-state index in [9.17, 15) is 9.59 Å². The first-order valence-corrected chi connectivity index (χ1v) is 2.24. The Kier molecular flexibility index (Phi) is 5.87. The van der Waals surface area contributed by atoms with Crippen LogP contribution in [0.4, 0.5) is 0 Å². The van der Waals surface area contributed by atoms with Gasteiger partial charge in [0, 0.05) is 0 Å². The standard InChI is InChI=1S/C4H7NO4.H4Si/c5-2(4(8)9)1-3(6)7;/h2H,1,5H2,(H,6,7)(H,8,9);1H4/t2-;/m0./s1. The highest BCUT2D eigenvalue weighted by Crippen LogP contribution is 1.86. The molecule has 6 heteroatoms. The van der Waals surface area contributed by atoms with Crippen LogP contribution in [0.3, 0.4) is 0 Å². The van der Waals surface area contributed by atoms with Gasteiger partial charge in [0.2, 0.25) is 0 Å².